The van der Waals surface area contributed by atoms with Crippen molar-refractivity contribution in [3.05, 3.63) is 46.2 Å². The van der Waals surface area contributed by atoms with Crippen molar-refractivity contribution in [3.8, 4) is 16.9 Å². The Bertz CT molecular complexity index is 624. The SMILES string of the molecule is COc1cc(C(=O)O)ncc1-c1cc(Cl)cc(Cl)c1. The summed E-state index contributed by atoms with van der Waals surface area (Å²) in [6, 6.07) is 6.37. The fourth-order valence-corrected chi connectivity index (χ4v) is 2.17. The predicted molar refractivity (Wildman–Crippen MR) is 73.2 cm³/mol. The van der Waals surface area contributed by atoms with Crippen molar-refractivity contribution in [2.75, 3.05) is 7.11 Å². The van der Waals surface area contributed by atoms with Crippen LogP contribution in [0, 0.1) is 0 Å². The lowest BCUT2D eigenvalue weighted by Gasteiger charge is -2.09. The van der Waals surface area contributed by atoms with Crippen molar-refractivity contribution >= 4 is 29.2 Å². The number of hydrogen-bond donors (Lipinski definition) is 1. The molecule has 0 saturated heterocycles. The molecule has 0 fully saturated rings. The van der Waals surface area contributed by atoms with Crippen molar-refractivity contribution in [3.63, 3.8) is 0 Å². The summed E-state index contributed by atoms with van der Waals surface area (Å²) < 4.78 is 5.18. The quantitative estimate of drug-likeness (QED) is 0.937. The lowest BCUT2D eigenvalue weighted by Crippen LogP contribution is -2.01. The molecule has 1 aromatic heterocycles. The molecule has 0 spiro atoms. The van der Waals surface area contributed by atoms with Gasteiger partial charge in [-0.2, -0.15) is 0 Å². The highest BCUT2D eigenvalue weighted by Crippen LogP contribution is 2.33. The fourth-order valence-electron chi connectivity index (χ4n) is 1.65. The molecule has 1 N–H and O–H groups in total. The Balaban J connectivity index is 2.58. The van der Waals surface area contributed by atoms with Gasteiger partial charge in [0.15, 0.2) is 5.69 Å². The van der Waals surface area contributed by atoms with Crippen molar-refractivity contribution in [2.45, 2.75) is 0 Å². The lowest BCUT2D eigenvalue weighted by molar-refractivity contribution is 0.0690. The van der Waals surface area contributed by atoms with E-state index in [-0.39, 0.29) is 5.69 Å². The number of hydrogen-bond acceptors (Lipinski definition) is 3. The van der Waals surface area contributed by atoms with Crippen LogP contribution >= 0.6 is 23.2 Å². The average Bonchev–Trinajstić information content (AvgIpc) is 2.36. The zero-order valence-corrected chi connectivity index (χ0v) is 11.4. The summed E-state index contributed by atoms with van der Waals surface area (Å²) in [5.41, 5.74) is 1.24. The Morgan fingerprint density at radius 2 is 1.84 bits per heavy atom. The van der Waals surface area contributed by atoms with Gasteiger partial charge in [-0.1, -0.05) is 23.2 Å². The first-order valence-corrected chi connectivity index (χ1v) is 6.00. The van der Waals surface area contributed by atoms with Crippen molar-refractivity contribution in [1.82, 2.24) is 4.98 Å². The number of halogens is 2. The summed E-state index contributed by atoms with van der Waals surface area (Å²) in [5.74, 6) is -0.722. The number of methoxy groups -OCH3 is 1. The van der Waals surface area contributed by atoms with Crippen LogP contribution in [0.3, 0.4) is 0 Å². The second-order valence-electron chi connectivity index (χ2n) is 3.73. The van der Waals surface area contributed by atoms with Gasteiger partial charge < -0.3 is 9.84 Å². The molecule has 0 bridgehead atoms. The first-order valence-electron chi connectivity index (χ1n) is 5.25. The number of carbonyl (C=O) groups is 1. The van der Waals surface area contributed by atoms with Crippen LogP contribution in [0.5, 0.6) is 5.75 Å². The van der Waals surface area contributed by atoms with Crippen LogP contribution in [-0.2, 0) is 0 Å². The van der Waals surface area contributed by atoms with Crippen LogP contribution in [0.2, 0.25) is 10.0 Å². The van der Waals surface area contributed by atoms with Gasteiger partial charge in [-0.25, -0.2) is 9.78 Å². The molecule has 0 aliphatic heterocycles. The second-order valence-corrected chi connectivity index (χ2v) is 4.61. The summed E-state index contributed by atoms with van der Waals surface area (Å²) in [5, 5.41) is 9.85. The molecule has 0 atom stereocenters. The van der Waals surface area contributed by atoms with Crippen LogP contribution in [0.1, 0.15) is 10.5 Å². The molecule has 1 heterocycles. The molecule has 0 unspecified atom stereocenters. The smallest absolute Gasteiger partial charge is 0.354 e. The highest BCUT2D eigenvalue weighted by molar-refractivity contribution is 6.35. The number of nitrogens with zero attached hydrogens (tertiary/aromatic N) is 1. The van der Waals surface area contributed by atoms with E-state index in [0.717, 1.165) is 0 Å². The van der Waals surface area contributed by atoms with Gasteiger partial charge in [0.25, 0.3) is 0 Å². The maximum atomic E-state index is 10.9. The van der Waals surface area contributed by atoms with E-state index in [1.165, 1.54) is 19.4 Å². The van der Waals surface area contributed by atoms with E-state index in [9.17, 15) is 4.79 Å². The van der Waals surface area contributed by atoms with Crippen molar-refractivity contribution in [1.29, 1.82) is 0 Å². The molecule has 0 radical (unpaired) electrons. The molecule has 98 valence electrons. The first-order chi connectivity index (χ1) is 9.01. The molecular weight excluding hydrogens is 289 g/mol. The number of benzene rings is 1. The Kier molecular flexibility index (Phi) is 3.93. The average molecular weight is 298 g/mol. The number of ether oxygens (including phenoxy) is 1. The molecule has 0 saturated carbocycles. The highest BCUT2D eigenvalue weighted by Gasteiger charge is 2.13. The summed E-state index contributed by atoms with van der Waals surface area (Å²) in [6.07, 6.45) is 1.42. The largest absolute Gasteiger partial charge is 0.496 e. The maximum absolute atomic E-state index is 10.9. The van der Waals surface area contributed by atoms with Gasteiger partial charge in [-0.05, 0) is 23.8 Å². The van der Waals surface area contributed by atoms with Gasteiger partial charge >= 0.3 is 5.97 Å². The highest BCUT2D eigenvalue weighted by atomic mass is 35.5. The molecule has 0 aliphatic rings. The molecule has 0 amide bonds. The third-order valence-corrected chi connectivity index (χ3v) is 2.92. The maximum Gasteiger partial charge on any atom is 0.354 e. The third kappa shape index (κ3) is 2.97. The minimum absolute atomic E-state index is 0.0891. The summed E-state index contributed by atoms with van der Waals surface area (Å²) >= 11 is 11.9. The van der Waals surface area contributed by atoms with Crippen LogP contribution < -0.4 is 4.74 Å². The molecule has 6 heteroatoms. The number of rotatable bonds is 3. The number of aromatic carboxylic acids is 1. The number of aromatic nitrogens is 1. The molecule has 2 aromatic rings. The Labute approximate surface area is 119 Å². The van der Waals surface area contributed by atoms with Crippen LogP contribution in [0.4, 0.5) is 0 Å². The van der Waals surface area contributed by atoms with E-state index in [1.807, 2.05) is 0 Å². The third-order valence-electron chi connectivity index (χ3n) is 2.48. The Morgan fingerprint density at radius 3 is 2.37 bits per heavy atom. The first kappa shape index (κ1) is 13.6. The van der Waals surface area contributed by atoms with E-state index in [2.05, 4.69) is 4.98 Å². The van der Waals surface area contributed by atoms with E-state index in [4.69, 9.17) is 33.0 Å². The van der Waals surface area contributed by atoms with E-state index in [0.29, 0.717) is 26.9 Å². The summed E-state index contributed by atoms with van der Waals surface area (Å²) in [7, 11) is 1.45. The summed E-state index contributed by atoms with van der Waals surface area (Å²) in [6.45, 7) is 0. The topological polar surface area (TPSA) is 59.4 Å². The zero-order valence-electron chi connectivity index (χ0n) is 9.85. The minimum Gasteiger partial charge on any atom is -0.496 e. The van der Waals surface area contributed by atoms with Gasteiger partial charge in [-0.3, -0.25) is 0 Å². The monoisotopic (exact) mass is 297 g/mol. The normalized spacial score (nSPS) is 10.3. The lowest BCUT2D eigenvalue weighted by atomic mass is 10.1. The van der Waals surface area contributed by atoms with Gasteiger partial charge in [0.1, 0.15) is 5.75 Å². The standard InChI is InChI=1S/C13H9Cl2NO3/c1-19-12-5-11(13(17)18)16-6-10(12)7-2-8(14)4-9(15)3-7/h2-6H,1H3,(H,17,18). The minimum atomic E-state index is -1.12. The molecule has 2 rings (SSSR count). The molecule has 0 aliphatic carbocycles. The molecule has 1 aromatic carbocycles. The van der Waals surface area contributed by atoms with E-state index in [1.54, 1.807) is 18.2 Å². The van der Waals surface area contributed by atoms with E-state index >= 15 is 0 Å². The van der Waals surface area contributed by atoms with Gasteiger partial charge in [0.2, 0.25) is 0 Å². The molecule has 19 heavy (non-hydrogen) atoms. The second kappa shape index (κ2) is 5.47. The van der Waals surface area contributed by atoms with Gasteiger partial charge in [-0.15, -0.1) is 0 Å². The van der Waals surface area contributed by atoms with Crippen molar-refractivity contribution in [2.24, 2.45) is 0 Å². The number of carboxylic acid groups (broad SMARTS) is 1. The molecule has 4 nitrogen and oxygen atoms in total. The number of pyridine rings is 1. The Morgan fingerprint density at radius 1 is 1.21 bits per heavy atom. The summed E-state index contributed by atoms with van der Waals surface area (Å²) in [4.78, 5) is 14.7. The van der Waals surface area contributed by atoms with Gasteiger partial charge in [0.05, 0.1) is 7.11 Å². The zero-order chi connectivity index (χ0) is 14.0. The van der Waals surface area contributed by atoms with Crippen LogP contribution in [-0.4, -0.2) is 23.2 Å². The predicted octanol–water partition coefficient (Wildman–Crippen LogP) is 3.76. The van der Waals surface area contributed by atoms with Crippen LogP contribution in [0.15, 0.2) is 30.5 Å². The fraction of sp³-hybridized carbons (Fsp3) is 0.0769. The number of carboxylic acids is 1. The molecular formula is C13H9Cl2NO3. The van der Waals surface area contributed by atoms with Crippen molar-refractivity contribution < 1.29 is 14.6 Å². The van der Waals surface area contributed by atoms with Crippen LogP contribution in [0.25, 0.3) is 11.1 Å². The van der Waals surface area contributed by atoms with Gasteiger partial charge in [0, 0.05) is 27.9 Å². The Hall–Kier alpha value is -1.78. The van der Waals surface area contributed by atoms with E-state index < -0.39 is 5.97 Å².